The monoisotopic (exact) mass is 236 g/mol. The van der Waals surface area contributed by atoms with Crippen LogP contribution in [-0.4, -0.2) is 38.3 Å². The van der Waals surface area contributed by atoms with Gasteiger partial charge in [-0.2, -0.15) is 0 Å². The van der Waals surface area contributed by atoms with Gasteiger partial charge in [0.15, 0.2) is 0 Å². The molecule has 0 unspecified atom stereocenters. The van der Waals surface area contributed by atoms with Crippen molar-refractivity contribution in [3.63, 3.8) is 0 Å². The highest BCUT2D eigenvalue weighted by atomic mass is 35.7. The molecule has 0 saturated carbocycles. The molecule has 1 N–H and O–H groups in total. The molecule has 0 bridgehead atoms. The van der Waals surface area contributed by atoms with Crippen molar-refractivity contribution in [2.45, 2.75) is 4.90 Å². The van der Waals surface area contributed by atoms with Crippen LogP contribution in [0.3, 0.4) is 0 Å². The molecule has 14 heavy (non-hydrogen) atoms. The molecule has 0 aliphatic carbocycles. The van der Waals surface area contributed by atoms with Gasteiger partial charge in [-0.05, 0) is 6.07 Å². The minimum absolute atomic E-state index is 0.107. The molecule has 1 amide bonds. The average Bonchev–Trinajstić information content (AvgIpc) is 2.49. The molecule has 0 spiro atoms. The van der Waals surface area contributed by atoms with E-state index >= 15 is 0 Å². The SMILES string of the molecule is CN(C)C(=O)c1cc(S(=O)(=O)Cl)c[nH]1. The van der Waals surface area contributed by atoms with Gasteiger partial charge in [-0.1, -0.05) is 0 Å². The highest BCUT2D eigenvalue weighted by molar-refractivity contribution is 8.13. The molecule has 0 atom stereocenters. The number of nitrogens with zero attached hydrogens (tertiary/aromatic N) is 1. The van der Waals surface area contributed by atoms with E-state index in [9.17, 15) is 13.2 Å². The van der Waals surface area contributed by atoms with Gasteiger partial charge in [0.25, 0.3) is 15.0 Å². The number of amides is 1. The summed E-state index contributed by atoms with van der Waals surface area (Å²) in [7, 11) is 4.45. The highest BCUT2D eigenvalue weighted by Crippen LogP contribution is 2.16. The zero-order valence-corrected chi connectivity index (χ0v) is 9.19. The zero-order chi connectivity index (χ0) is 10.9. The second-order valence-corrected chi connectivity index (χ2v) is 5.45. The molecule has 1 aromatic heterocycles. The maximum Gasteiger partial charge on any atom is 0.269 e. The van der Waals surface area contributed by atoms with E-state index in [0.29, 0.717) is 0 Å². The number of H-pyrrole nitrogens is 1. The number of carbonyl (C=O) groups excluding carboxylic acids is 1. The Kier molecular flexibility index (Phi) is 2.86. The van der Waals surface area contributed by atoms with E-state index in [1.165, 1.54) is 17.2 Å². The number of halogens is 1. The summed E-state index contributed by atoms with van der Waals surface area (Å²) in [5, 5.41) is 0. The number of nitrogens with one attached hydrogen (secondary N) is 1. The van der Waals surface area contributed by atoms with Crippen LogP contribution in [0.1, 0.15) is 10.5 Å². The van der Waals surface area contributed by atoms with Crippen molar-refractivity contribution in [3.8, 4) is 0 Å². The molecule has 7 heteroatoms. The lowest BCUT2D eigenvalue weighted by Crippen LogP contribution is -2.21. The smallest absolute Gasteiger partial charge is 0.269 e. The Balaban J connectivity index is 3.07. The van der Waals surface area contributed by atoms with Crippen LogP contribution < -0.4 is 0 Å². The van der Waals surface area contributed by atoms with Crippen LogP contribution in [0.2, 0.25) is 0 Å². The number of hydrogen-bond acceptors (Lipinski definition) is 3. The van der Waals surface area contributed by atoms with Gasteiger partial charge >= 0.3 is 0 Å². The van der Waals surface area contributed by atoms with Crippen molar-refractivity contribution >= 4 is 25.6 Å². The zero-order valence-electron chi connectivity index (χ0n) is 7.61. The van der Waals surface area contributed by atoms with Crippen LogP contribution in [0.15, 0.2) is 17.2 Å². The molecule has 1 aromatic rings. The lowest BCUT2D eigenvalue weighted by Gasteiger charge is -2.07. The molecule has 5 nitrogen and oxygen atoms in total. The van der Waals surface area contributed by atoms with Gasteiger partial charge in [0, 0.05) is 31.0 Å². The molecule has 0 aliphatic heterocycles. The quantitative estimate of drug-likeness (QED) is 0.767. The number of rotatable bonds is 2. The summed E-state index contributed by atoms with van der Waals surface area (Å²) in [6, 6.07) is 1.20. The van der Waals surface area contributed by atoms with E-state index in [1.54, 1.807) is 14.1 Å². The largest absolute Gasteiger partial charge is 0.356 e. The average molecular weight is 237 g/mol. The third-order valence-electron chi connectivity index (χ3n) is 1.57. The Bertz CT molecular complexity index is 449. The molecule has 0 radical (unpaired) electrons. The summed E-state index contributed by atoms with van der Waals surface area (Å²) in [6.45, 7) is 0. The third-order valence-corrected chi connectivity index (χ3v) is 2.91. The summed E-state index contributed by atoms with van der Waals surface area (Å²) in [5.74, 6) is -0.309. The van der Waals surface area contributed by atoms with E-state index in [4.69, 9.17) is 10.7 Å². The number of aromatic amines is 1. The van der Waals surface area contributed by atoms with Crippen LogP contribution in [0, 0.1) is 0 Å². The van der Waals surface area contributed by atoms with Crippen molar-refractivity contribution in [3.05, 3.63) is 18.0 Å². The Morgan fingerprint density at radius 3 is 2.43 bits per heavy atom. The van der Waals surface area contributed by atoms with Crippen molar-refractivity contribution in [2.24, 2.45) is 0 Å². The Morgan fingerprint density at radius 1 is 1.50 bits per heavy atom. The Labute approximate surface area is 86.1 Å². The van der Waals surface area contributed by atoms with Crippen LogP contribution in [-0.2, 0) is 9.05 Å². The molecule has 78 valence electrons. The molecular weight excluding hydrogens is 228 g/mol. The Hall–Kier alpha value is -1.01. The van der Waals surface area contributed by atoms with Crippen molar-refractivity contribution < 1.29 is 13.2 Å². The van der Waals surface area contributed by atoms with Crippen LogP contribution >= 0.6 is 10.7 Å². The Morgan fingerprint density at radius 2 is 2.07 bits per heavy atom. The number of carbonyl (C=O) groups is 1. The van der Waals surface area contributed by atoms with Crippen LogP contribution in [0.5, 0.6) is 0 Å². The first-order chi connectivity index (χ1) is 6.32. The van der Waals surface area contributed by atoms with Gasteiger partial charge in [-0.25, -0.2) is 8.42 Å². The molecule has 1 heterocycles. The van der Waals surface area contributed by atoms with Crippen LogP contribution in [0.4, 0.5) is 0 Å². The molecule has 1 rings (SSSR count). The first-order valence-corrected chi connectivity index (χ1v) is 5.98. The maximum atomic E-state index is 11.3. The van der Waals surface area contributed by atoms with Crippen molar-refractivity contribution in [2.75, 3.05) is 14.1 Å². The fraction of sp³-hybridized carbons (Fsp3) is 0.286. The van der Waals surface area contributed by atoms with E-state index in [1.807, 2.05) is 0 Å². The number of hydrogen-bond donors (Lipinski definition) is 1. The minimum atomic E-state index is -3.77. The van der Waals surface area contributed by atoms with E-state index < -0.39 is 9.05 Å². The fourth-order valence-corrected chi connectivity index (χ4v) is 1.61. The van der Waals surface area contributed by atoms with Gasteiger partial charge in [-0.15, -0.1) is 0 Å². The lowest BCUT2D eigenvalue weighted by molar-refractivity contribution is 0.0822. The van der Waals surface area contributed by atoms with Gasteiger partial charge < -0.3 is 9.88 Å². The van der Waals surface area contributed by atoms with Gasteiger partial charge in [0.2, 0.25) is 0 Å². The molecule has 0 aliphatic rings. The normalized spacial score (nSPS) is 11.4. The van der Waals surface area contributed by atoms with Gasteiger partial charge in [0.1, 0.15) is 10.6 Å². The molecular formula is C7H9ClN2O3S. The number of aromatic nitrogens is 1. The molecule has 0 aromatic carbocycles. The van der Waals surface area contributed by atoms with Crippen molar-refractivity contribution in [1.29, 1.82) is 0 Å². The van der Waals surface area contributed by atoms with Crippen LogP contribution in [0.25, 0.3) is 0 Å². The van der Waals surface area contributed by atoms with Crippen molar-refractivity contribution in [1.82, 2.24) is 9.88 Å². The second kappa shape index (κ2) is 3.62. The van der Waals surface area contributed by atoms with Gasteiger partial charge in [0.05, 0.1) is 0 Å². The van der Waals surface area contributed by atoms with Gasteiger partial charge in [-0.3, -0.25) is 4.79 Å². The standard InChI is InChI=1S/C7H9ClN2O3S/c1-10(2)7(11)6-3-5(4-9-6)14(8,12)13/h3-4,9H,1-2H3. The summed E-state index contributed by atoms with van der Waals surface area (Å²) < 4.78 is 21.7. The topological polar surface area (TPSA) is 70.2 Å². The second-order valence-electron chi connectivity index (χ2n) is 2.89. The van der Waals surface area contributed by atoms with E-state index in [0.717, 1.165) is 0 Å². The summed E-state index contributed by atoms with van der Waals surface area (Å²) >= 11 is 0. The third kappa shape index (κ3) is 2.27. The summed E-state index contributed by atoms with van der Waals surface area (Å²) in [4.78, 5) is 15.1. The summed E-state index contributed by atoms with van der Waals surface area (Å²) in [6.07, 6.45) is 1.18. The molecule has 0 fully saturated rings. The summed E-state index contributed by atoms with van der Waals surface area (Å²) in [5.41, 5.74) is 0.189. The molecule has 0 saturated heterocycles. The fourth-order valence-electron chi connectivity index (χ4n) is 0.880. The highest BCUT2D eigenvalue weighted by Gasteiger charge is 2.16. The first-order valence-electron chi connectivity index (χ1n) is 3.67. The lowest BCUT2D eigenvalue weighted by atomic mass is 10.4. The predicted octanol–water partition coefficient (Wildman–Crippen LogP) is 0.644. The van der Waals surface area contributed by atoms with E-state index in [2.05, 4.69) is 4.98 Å². The predicted molar refractivity (Wildman–Crippen MR) is 51.8 cm³/mol. The maximum absolute atomic E-state index is 11.3. The minimum Gasteiger partial charge on any atom is -0.356 e. The first kappa shape index (κ1) is 11.1. The van der Waals surface area contributed by atoms with E-state index in [-0.39, 0.29) is 16.5 Å².